The van der Waals surface area contributed by atoms with Gasteiger partial charge < -0.3 is 9.53 Å². The Bertz CT molecular complexity index is 395. The van der Waals surface area contributed by atoms with Crippen LogP contribution in [-0.2, 0) is 14.3 Å². The van der Waals surface area contributed by atoms with E-state index in [2.05, 4.69) is 4.74 Å². The molecule has 5 heteroatoms. The minimum Gasteiger partial charge on any atom is -0.466 e. The van der Waals surface area contributed by atoms with Gasteiger partial charge in [-0.25, -0.2) is 0 Å². The predicted molar refractivity (Wildman–Crippen MR) is 78.2 cm³/mol. The third kappa shape index (κ3) is 7.85. The molecule has 0 atom stereocenters. The van der Waals surface area contributed by atoms with Crippen molar-refractivity contribution in [3.05, 3.63) is 33.9 Å². The zero-order valence-corrected chi connectivity index (χ0v) is 12.6. The van der Waals surface area contributed by atoms with Crippen LogP contribution in [0.1, 0.15) is 33.1 Å². The highest BCUT2D eigenvalue weighted by Gasteiger charge is 2.08. The van der Waals surface area contributed by atoms with Crippen molar-refractivity contribution in [1.82, 2.24) is 0 Å². The van der Waals surface area contributed by atoms with Crippen LogP contribution < -0.4 is 0 Å². The van der Waals surface area contributed by atoms with E-state index in [1.54, 1.807) is 19.9 Å². The van der Waals surface area contributed by atoms with Crippen molar-refractivity contribution in [2.45, 2.75) is 33.1 Å². The van der Waals surface area contributed by atoms with Gasteiger partial charge in [0.25, 0.3) is 0 Å². The van der Waals surface area contributed by atoms with Gasteiger partial charge in [0.1, 0.15) is 6.29 Å². The molecular formula is C14H18Cl2O3. The molecule has 0 spiro atoms. The molecule has 0 saturated heterocycles. The average molecular weight is 305 g/mol. The fourth-order valence-corrected chi connectivity index (χ4v) is 1.81. The van der Waals surface area contributed by atoms with Gasteiger partial charge in [0.05, 0.1) is 6.61 Å². The van der Waals surface area contributed by atoms with Crippen molar-refractivity contribution >= 4 is 35.5 Å². The van der Waals surface area contributed by atoms with Crippen molar-refractivity contribution < 1.29 is 14.3 Å². The summed E-state index contributed by atoms with van der Waals surface area (Å²) in [6.07, 6.45) is 7.71. The number of allylic oxidation sites excluding steroid dienone is 6. The van der Waals surface area contributed by atoms with Crippen LogP contribution >= 0.6 is 23.2 Å². The number of rotatable bonds is 4. The topological polar surface area (TPSA) is 43.4 Å². The number of carbonyl (C=O) groups is 2. The molecule has 0 aromatic carbocycles. The first-order valence-corrected chi connectivity index (χ1v) is 6.81. The van der Waals surface area contributed by atoms with Crippen molar-refractivity contribution in [1.29, 1.82) is 0 Å². The second-order valence-electron chi connectivity index (χ2n) is 3.56. The molecule has 0 saturated carbocycles. The molecule has 1 aliphatic carbocycles. The SMILES string of the molecule is CCOC(=O)CC.O=CCC1=C(Cl)CC=CC=C1Cl. The van der Waals surface area contributed by atoms with E-state index in [0.29, 0.717) is 29.5 Å². The summed E-state index contributed by atoms with van der Waals surface area (Å²) in [7, 11) is 0. The molecule has 0 N–H and O–H groups in total. The summed E-state index contributed by atoms with van der Waals surface area (Å²) >= 11 is 11.8. The lowest BCUT2D eigenvalue weighted by atomic mass is 10.1. The van der Waals surface area contributed by atoms with E-state index >= 15 is 0 Å². The van der Waals surface area contributed by atoms with E-state index in [1.807, 2.05) is 12.2 Å². The Morgan fingerprint density at radius 3 is 2.58 bits per heavy atom. The summed E-state index contributed by atoms with van der Waals surface area (Å²) in [5, 5.41) is 1.21. The number of carbonyl (C=O) groups excluding carboxylic acids is 2. The molecule has 19 heavy (non-hydrogen) atoms. The molecule has 0 fully saturated rings. The van der Waals surface area contributed by atoms with Crippen molar-refractivity contribution in [3.63, 3.8) is 0 Å². The minimum atomic E-state index is -0.123. The van der Waals surface area contributed by atoms with Crippen molar-refractivity contribution in [3.8, 4) is 0 Å². The molecule has 1 aliphatic rings. The van der Waals surface area contributed by atoms with E-state index in [-0.39, 0.29) is 12.4 Å². The summed E-state index contributed by atoms with van der Waals surface area (Å²) < 4.78 is 4.55. The molecule has 0 aromatic heterocycles. The minimum absolute atomic E-state index is 0.123. The number of esters is 1. The van der Waals surface area contributed by atoms with E-state index in [0.717, 1.165) is 11.9 Å². The first-order chi connectivity index (χ1) is 9.06. The van der Waals surface area contributed by atoms with E-state index < -0.39 is 0 Å². The van der Waals surface area contributed by atoms with Crippen LogP contribution in [0.2, 0.25) is 0 Å². The Labute approximate surface area is 123 Å². The van der Waals surface area contributed by atoms with Crippen molar-refractivity contribution in [2.75, 3.05) is 6.61 Å². The van der Waals surface area contributed by atoms with Gasteiger partial charge in [-0.1, -0.05) is 42.3 Å². The molecule has 0 bridgehead atoms. The molecule has 1 rings (SSSR count). The van der Waals surface area contributed by atoms with E-state index in [9.17, 15) is 9.59 Å². The second-order valence-corrected chi connectivity index (χ2v) is 4.42. The fraction of sp³-hybridized carbons (Fsp3) is 0.429. The van der Waals surface area contributed by atoms with Crippen LogP contribution in [0.3, 0.4) is 0 Å². The predicted octanol–water partition coefficient (Wildman–Crippen LogP) is 4.11. The van der Waals surface area contributed by atoms with Gasteiger partial charge in [-0.15, -0.1) is 0 Å². The third-order valence-corrected chi connectivity index (χ3v) is 2.91. The average Bonchev–Trinajstić information content (AvgIpc) is 2.55. The summed E-state index contributed by atoms with van der Waals surface area (Å²) in [5.74, 6) is -0.123. The quantitative estimate of drug-likeness (QED) is 0.580. The van der Waals surface area contributed by atoms with Gasteiger partial charge in [0.15, 0.2) is 0 Å². The van der Waals surface area contributed by atoms with Gasteiger partial charge in [0, 0.05) is 29.3 Å². The third-order valence-electron chi connectivity index (χ3n) is 2.17. The lowest BCUT2D eigenvalue weighted by Gasteiger charge is -2.02. The number of hydrogen-bond acceptors (Lipinski definition) is 3. The largest absolute Gasteiger partial charge is 0.466 e. The van der Waals surface area contributed by atoms with Gasteiger partial charge in [-0.05, 0) is 18.6 Å². The Kier molecular flexibility index (Phi) is 10.2. The van der Waals surface area contributed by atoms with Crippen LogP contribution in [0.25, 0.3) is 0 Å². The lowest BCUT2D eigenvalue weighted by molar-refractivity contribution is -0.142. The van der Waals surface area contributed by atoms with Crippen molar-refractivity contribution in [2.24, 2.45) is 0 Å². The number of aldehydes is 1. The zero-order valence-electron chi connectivity index (χ0n) is 11.1. The highest BCUT2D eigenvalue weighted by Crippen LogP contribution is 2.28. The lowest BCUT2D eigenvalue weighted by Crippen LogP contribution is -2.00. The van der Waals surface area contributed by atoms with Crippen LogP contribution in [0.15, 0.2) is 33.9 Å². The van der Waals surface area contributed by atoms with Crippen LogP contribution in [0.4, 0.5) is 0 Å². The van der Waals surface area contributed by atoms with Gasteiger partial charge in [-0.2, -0.15) is 0 Å². The highest BCUT2D eigenvalue weighted by molar-refractivity contribution is 6.36. The first kappa shape index (κ1) is 17.9. The standard InChI is InChI=1S/C9H8Cl2O.C5H10O2/c10-8-3-1-2-4-9(11)7(8)5-6-12;1-3-5(6)7-4-2/h1-3,6H,4-5H2;3-4H2,1-2H3. The van der Waals surface area contributed by atoms with Crippen LogP contribution in [0.5, 0.6) is 0 Å². The molecule has 0 unspecified atom stereocenters. The summed E-state index contributed by atoms with van der Waals surface area (Å²) in [5.41, 5.74) is 0.735. The maximum Gasteiger partial charge on any atom is 0.305 e. The summed E-state index contributed by atoms with van der Waals surface area (Å²) in [4.78, 5) is 20.5. The smallest absolute Gasteiger partial charge is 0.305 e. The normalized spacial score (nSPS) is 14.0. The van der Waals surface area contributed by atoms with E-state index in [1.165, 1.54) is 0 Å². The molecule has 0 radical (unpaired) electrons. The molecule has 3 nitrogen and oxygen atoms in total. The van der Waals surface area contributed by atoms with Gasteiger partial charge in [0.2, 0.25) is 0 Å². The second kappa shape index (κ2) is 10.8. The zero-order chi connectivity index (χ0) is 14.7. The van der Waals surface area contributed by atoms with E-state index in [4.69, 9.17) is 23.2 Å². The number of hydrogen-bond donors (Lipinski definition) is 0. The highest BCUT2D eigenvalue weighted by atomic mass is 35.5. The molecule has 0 aromatic rings. The summed E-state index contributed by atoms with van der Waals surface area (Å²) in [6.45, 7) is 4.07. The summed E-state index contributed by atoms with van der Waals surface area (Å²) in [6, 6.07) is 0. The molecule has 106 valence electrons. The fourth-order valence-electron chi connectivity index (χ4n) is 1.23. The van der Waals surface area contributed by atoms with Gasteiger partial charge >= 0.3 is 5.97 Å². The van der Waals surface area contributed by atoms with Crippen LogP contribution in [0, 0.1) is 0 Å². The maximum atomic E-state index is 10.3. The molecular weight excluding hydrogens is 287 g/mol. The Balaban J connectivity index is 0.000000399. The maximum absolute atomic E-state index is 10.3. The van der Waals surface area contributed by atoms with Gasteiger partial charge in [-0.3, -0.25) is 4.79 Å². The molecule has 0 aliphatic heterocycles. The first-order valence-electron chi connectivity index (χ1n) is 6.06. The number of ether oxygens (including phenoxy) is 1. The molecule has 0 heterocycles. The van der Waals surface area contributed by atoms with Crippen LogP contribution in [-0.4, -0.2) is 18.9 Å². The number of halogens is 2. The Hall–Kier alpha value is -1.06. The Morgan fingerprint density at radius 2 is 2.11 bits per heavy atom. The monoisotopic (exact) mass is 304 g/mol. The Morgan fingerprint density at radius 1 is 1.42 bits per heavy atom. The molecule has 0 amide bonds.